The van der Waals surface area contributed by atoms with Crippen LogP contribution in [0.2, 0.25) is 0 Å². The molecule has 102 valence electrons. The van der Waals surface area contributed by atoms with Crippen molar-refractivity contribution in [3.05, 3.63) is 0 Å². The van der Waals surface area contributed by atoms with E-state index >= 15 is 0 Å². The first-order chi connectivity index (χ1) is 8.18. The summed E-state index contributed by atoms with van der Waals surface area (Å²) < 4.78 is 10.8. The first kappa shape index (κ1) is 14.9. The van der Waals surface area contributed by atoms with Crippen LogP contribution in [0.5, 0.6) is 0 Å². The summed E-state index contributed by atoms with van der Waals surface area (Å²) in [5, 5.41) is 12.8. The Labute approximate surface area is 105 Å². The third kappa shape index (κ3) is 9.53. The van der Waals surface area contributed by atoms with Crippen molar-refractivity contribution in [3.63, 3.8) is 0 Å². The van der Waals surface area contributed by atoms with Gasteiger partial charge in [-0.25, -0.2) is 0 Å². The Kier molecular flexibility index (Phi) is 7.77. The lowest BCUT2D eigenvalue weighted by Gasteiger charge is -2.13. The van der Waals surface area contributed by atoms with Crippen LogP contribution in [0.15, 0.2) is 0 Å². The van der Waals surface area contributed by atoms with Crippen molar-refractivity contribution in [2.75, 3.05) is 39.5 Å². The Morgan fingerprint density at radius 2 is 2.00 bits per heavy atom. The molecule has 1 fully saturated rings. The van der Waals surface area contributed by atoms with E-state index in [1.54, 1.807) is 0 Å². The second-order valence-corrected chi connectivity index (χ2v) is 5.31. The normalized spacial score (nSPS) is 17.6. The van der Waals surface area contributed by atoms with Gasteiger partial charge in [-0.1, -0.05) is 13.8 Å². The van der Waals surface area contributed by atoms with Gasteiger partial charge in [0.15, 0.2) is 0 Å². The van der Waals surface area contributed by atoms with Crippen LogP contribution in [0.25, 0.3) is 0 Å². The molecule has 0 spiro atoms. The molecule has 1 aliphatic rings. The zero-order valence-electron chi connectivity index (χ0n) is 11.2. The van der Waals surface area contributed by atoms with E-state index in [0.717, 1.165) is 25.7 Å². The van der Waals surface area contributed by atoms with Crippen LogP contribution < -0.4 is 5.32 Å². The predicted octanol–water partition coefficient (Wildman–Crippen LogP) is 1.04. The van der Waals surface area contributed by atoms with Gasteiger partial charge in [0.25, 0.3) is 0 Å². The summed E-state index contributed by atoms with van der Waals surface area (Å²) >= 11 is 0. The number of nitrogens with one attached hydrogen (secondary N) is 1. The molecular weight excluding hydrogens is 218 g/mol. The predicted molar refractivity (Wildman–Crippen MR) is 68.1 cm³/mol. The molecule has 0 aromatic heterocycles. The molecule has 0 amide bonds. The molecule has 0 aromatic rings. The second-order valence-electron chi connectivity index (χ2n) is 5.31. The summed E-state index contributed by atoms with van der Waals surface area (Å²) in [5.41, 5.74) is 0. The summed E-state index contributed by atoms with van der Waals surface area (Å²) in [5.74, 6) is 1.34. The Hall–Kier alpha value is -0.160. The molecule has 0 saturated heterocycles. The molecule has 1 saturated carbocycles. The minimum Gasteiger partial charge on any atom is -0.389 e. The van der Waals surface area contributed by atoms with Gasteiger partial charge in [-0.2, -0.15) is 0 Å². The van der Waals surface area contributed by atoms with Crippen LogP contribution in [0.3, 0.4) is 0 Å². The van der Waals surface area contributed by atoms with E-state index in [-0.39, 0.29) is 0 Å². The molecule has 2 N–H and O–H groups in total. The lowest BCUT2D eigenvalue weighted by Crippen LogP contribution is -2.32. The van der Waals surface area contributed by atoms with E-state index in [9.17, 15) is 5.11 Å². The fourth-order valence-electron chi connectivity index (χ4n) is 1.45. The number of rotatable bonds is 11. The van der Waals surface area contributed by atoms with E-state index in [1.165, 1.54) is 12.8 Å². The second kappa shape index (κ2) is 8.86. The van der Waals surface area contributed by atoms with Gasteiger partial charge in [0.05, 0.1) is 19.3 Å². The summed E-state index contributed by atoms with van der Waals surface area (Å²) in [4.78, 5) is 0. The lowest BCUT2D eigenvalue weighted by atomic mass is 10.2. The molecule has 0 bridgehead atoms. The molecule has 0 aliphatic heterocycles. The Morgan fingerprint density at radius 3 is 2.65 bits per heavy atom. The van der Waals surface area contributed by atoms with E-state index < -0.39 is 6.10 Å². The number of hydrogen-bond donors (Lipinski definition) is 2. The molecule has 4 nitrogen and oxygen atoms in total. The maximum atomic E-state index is 9.59. The molecule has 1 unspecified atom stereocenters. The standard InChI is InChI=1S/C13H27NO3/c1-11(2)8-17-10-13(15)7-14-5-6-16-9-12-3-4-12/h11-15H,3-10H2,1-2H3. The zero-order valence-corrected chi connectivity index (χ0v) is 11.2. The third-order valence-electron chi connectivity index (χ3n) is 2.62. The first-order valence-corrected chi connectivity index (χ1v) is 6.72. The number of ether oxygens (including phenoxy) is 2. The summed E-state index contributed by atoms with van der Waals surface area (Å²) in [6.07, 6.45) is 2.25. The van der Waals surface area contributed by atoms with Gasteiger partial charge in [0.1, 0.15) is 0 Å². The van der Waals surface area contributed by atoms with Crippen molar-refractivity contribution in [3.8, 4) is 0 Å². The average Bonchev–Trinajstić information content (AvgIpc) is 3.06. The SMILES string of the molecule is CC(C)COCC(O)CNCCOCC1CC1. The summed E-state index contributed by atoms with van der Waals surface area (Å²) in [6.45, 7) is 8.33. The number of hydrogen-bond acceptors (Lipinski definition) is 4. The molecule has 0 aromatic carbocycles. The summed E-state index contributed by atoms with van der Waals surface area (Å²) in [6, 6.07) is 0. The third-order valence-corrected chi connectivity index (χ3v) is 2.62. The number of aliphatic hydroxyl groups is 1. The highest BCUT2D eigenvalue weighted by molar-refractivity contribution is 4.72. The van der Waals surface area contributed by atoms with Gasteiger partial charge >= 0.3 is 0 Å². The Morgan fingerprint density at radius 1 is 1.24 bits per heavy atom. The monoisotopic (exact) mass is 245 g/mol. The molecule has 0 heterocycles. The van der Waals surface area contributed by atoms with Crippen molar-refractivity contribution >= 4 is 0 Å². The smallest absolute Gasteiger partial charge is 0.0897 e. The van der Waals surface area contributed by atoms with E-state index in [4.69, 9.17) is 9.47 Å². The van der Waals surface area contributed by atoms with Crippen molar-refractivity contribution < 1.29 is 14.6 Å². The molecule has 1 rings (SSSR count). The van der Waals surface area contributed by atoms with Gasteiger partial charge in [-0.05, 0) is 24.7 Å². The number of aliphatic hydroxyl groups excluding tert-OH is 1. The maximum absolute atomic E-state index is 9.59. The highest BCUT2D eigenvalue weighted by atomic mass is 16.5. The molecule has 1 atom stereocenters. The molecule has 4 heteroatoms. The summed E-state index contributed by atoms with van der Waals surface area (Å²) in [7, 11) is 0. The lowest BCUT2D eigenvalue weighted by molar-refractivity contribution is 0.0251. The van der Waals surface area contributed by atoms with E-state index in [0.29, 0.717) is 25.7 Å². The van der Waals surface area contributed by atoms with Crippen LogP contribution in [-0.4, -0.2) is 50.7 Å². The van der Waals surface area contributed by atoms with Crippen molar-refractivity contribution in [1.82, 2.24) is 5.32 Å². The van der Waals surface area contributed by atoms with Crippen LogP contribution in [-0.2, 0) is 9.47 Å². The Balaban J connectivity index is 1.77. The fraction of sp³-hybridized carbons (Fsp3) is 1.00. The van der Waals surface area contributed by atoms with Gasteiger partial charge in [0, 0.05) is 26.3 Å². The molecular formula is C13H27NO3. The van der Waals surface area contributed by atoms with Gasteiger partial charge in [-0.15, -0.1) is 0 Å². The van der Waals surface area contributed by atoms with Crippen molar-refractivity contribution in [1.29, 1.82) is 0 Å². The highest BCUT2D eigenvalue weighted by Gasteiger charge is 2.20. The highest BCUT2D eigenvalue weighted by Crippen LogP contribution is 2.28. The van der Waals surface area contributed by atoms with Crippen molar-refractivity contribution in [2.24, 2.45) is 11.8 Å². The van der Waals surface area contributed by atoms with Crippen molar-refractivity contribution in [2.45, 2.75) is 32.8 Å². The minimum absolute atomic E-state index is 0.411. The Bertz CT molecular complexity index is 184. The van der Waals surface area contributed by atoms with E-state index in [2.05, 4.69) is 19.2 Å². The zero-order chi connectivity index (χ0) is 12.5. The average molecular weight is 245 g/mol. The van der Waals surface area contributed by atoms with Crippen LogP contribution in [0.4, 0.5) is 0 Å². The minimum atomic E-state index is -0.419. The van der Waals surface area contributed by atoms with E-state index in [1.807, 2.05) is 0 Å². The van der Waals surface area contributed by atoms with Crippen LogP contribution >= 0.6 is 0 Å². The first-order valence-electron chi connectivity index (χ1n) is 6.72. The molecule has 1 aliphatic carbocycles. The fourth-order valence-corrected chi connectivity index (χ4v) is 1.45. The van der Waals surface area contributed by atoms with Gasteiger partial charge in [-0.3, -0.25) is 0 Å². The topological polar surface area (TPSA) is 50.7 Å². The maximum Gasteiger partial charge on any atom is 0.0897 e. The van der Waals surface area contributed by atoms with Crippen LogP contribution in [0.1, 0.15) is 26.7 Å². The van der Waals surface area contributed by atoms with Gasteiger partial charge in [0.2, 0.25) is 0 Å². The largest absolute Gasteiger partial charge is 0.389 e. The van der Waals surface area contributed by atoms with Gasteiger partial charge < -0.3 is 19.9 Å². The molecule has 17 heavy (non-hydrogen) atoms. The molecule has 0 radical (unpaired) electrons. The van der Waals surface area contributed by atoms with Crippen LogP contribution in [0, 0.1) is 11.8 Å². The quantitative estimate of drug-likeness (QED) is 0.534.